The van der Waals surface area contributed by atoms with Gasteiger partial charge in [0.2, 0.25) is 10.0 Å². The minimum atomic E-state index is -3.74. The molecule has 1 unspecified atom stereocenters. The first-order valence-corrected chi connectivity index (χ1v) is 8.39. The van der Waals surface area contributed by atoms with Crippen LogP contribution in [0.2, 0.25) is 5.02 Å². The Labute approximate surface area is 130 Å². The summed E-state index contributed by atoms with van der Waals surface area (Å²) in [6.07, 6.45) is 0. The molecule has 0 aliphatic carbocycles. The maximum atomic E-state index is 12.2. The highest BCUT2D eigenvalue weighted by molar-refractivity contribution is 7.90. The van der Waals surface area contributed by atoms with E-state index in [0.717, 1.165) is 0 Å². The van der Waals surface area contributed by atoms with Gasteiger partial charge < -0.3 is 10.4 Å². The van der Waals surface area contributed by atoms with Crippen molar-refractivity contribution in [2.24, 2.45) is 0 Å². The number of halogens is 1. The smallest absolute Gasteiger partial charge is 0.241 e. The topological polar surface area (TPSA) is 78.4 Å². The summed E-state index contributed by atoms with van der Waals surface area (Å²) >= 11 is 9.94. The van der Waals surface area contributed by atoms with E-state index < -0.39 is 15.6 Å². The summed E-state index contributed by atoms with van der Waals surface area (Å²) in [4.78, 5) is 0.334. The van der Waals surface area contributed by atoms with E-state index in [1.165, 1.54) is 12.1 Å². The predicted octanol–water partition coefficient (Wildman–Crippen LogP) is 1.27. The van der Waals surface area contributed by atoms with Crippen LogP contribution in [0, 0.1) is 0 Å². The quantitative estimate of drug-likeness (QED) is 0.565. The van der Waals surface area contributed by atoms with Gasteiger partial charge in [0, 0.05) is 16.5 Å². The molecular weight excluding hydrogens is 320 g/mol. The van der Waals surface area contributed by atoms with Gasteiger partial charge in [-0.25, -0.2) is 13.1 Å². The highest BCUT2D eigenvalue weighted by Crippen LogP contribution is 2.23. The maximum absolute atomic E-state index is 12.2. The number of sulfonamides is 1. The molecular formula is C12H19ClN2O3S2. The van der Waals surface area contributed by atoms with E-state index in [1.807, 2.05) is 6.92 Å². The van der Waals surface area contributed by atoms with Gasteiger partial charge in [0.1, 0.15) is 0 Å². The number of rotatable bonds is 7. The van der Waals surface area contributed by atoms with E-state index in [0.29, 0.717) is 16.5 Å². The summed E-state index contributed by atoms with van der Waals surface area (Å²) in [7, 11) is -3.74. The van der Waals surface area contributed by atoms with Crippen LogP contribution in [-0.4, -0.2) is 38.8 Å². The molecule has 5 nitrogen and oxygen atoms in total. The third-order valence-electron chi connectivity index (χ3n) is 2.82. The van der Waals surface area contributed by atoms with Crippen LogP contribution in [-0.2, 0) is 10.0 Å². The van der Waals surface area contributed by atoms with Crippen LogP contribution in [0.25, 0.3) is 0 Å². The Kier molecular flexibility index (Phi) is 6.30. The van der Waals surface area contributed by atoms with Crippen LogP contribution in [0.3, 0.4) is 0 Å². The average molecular weight is 339 g/mol. The van der Waals surface area contributed by atoms with Crippen molar-refractivity contribution in [2.45, 2.75) is 29.2 Å². The van der Waals surface area contributed by atoms with E-state index in [9.17, 15) is 13.5 Å². The minimum absolute atomic E-state index is 0.0186. The van der Waals surface area contributed by atoms with Gasteiger partial charge in [-0.15, -0.1) is 12.6 Å². The zero-order valence-electron chi connectivity index (χ0n) is 11.4. The largest absolute Gasteiger partial charge is 0.394 e. The summed E-state index contributed by atoms with van der Waals surface area (Å²) in [5.41, 5.74) is -0.725. The molecule has 0 bridgehead atoms. The number of thiol groups is 1. The Morgan fingerprint density at radius 1 is 1.45 bits per heavy atom. The highest BCUT2D eigenvalue weighted by Gasteiger charge is 2.26. The van der Waals surface area contributed by atoms with Crippen molar-refractivity contribution in [3.63, 3.8) is 0 Å². The Morgan fingerprint density at radius 2 is 2.10 bits per heavy atom. The van der Waals surface area contributed by atoms with Gasteiger partial charge in [0.15, 0.2) is 0 Å². The molecule has 0 saturated heterocycles. The first kappa shape index (κ1) is 17.7. The minimum Gasteiger partial charge on any atom is -0.394 e. The number of benzene rings is 1. The number of likely N-dealkylation sites (N-methyl/N-ethyl adjacent to an activating group) is 1. The molecule has 1 aromatic carbocycles. The van der Waals surface area contributed by atoms with E-state index in [-0.39, 0.29) is 18.0 Å². The standard InChI is InChI=1S/C12H19ClN2O3S2/c1-3-14-12(2,8-16)7-15-20(17,18)11-6-9(13)4-5-10(11)19/h4-6,14-16,19H,3,7-8H2,1-2H3. The van der Waals surface area contributed by atoms with E-state index in [1.54, 1.807) is 13.0 Å². The van der Waals surface area contributed by atoms with Crippen molar-refractivity contribution in [1.82, 2.24) is 10.0 Å². The fraction of sp³-hybridized carbons (Fsp3) is 0.500. The van der Waals surface area contributed by atoms with E-state index >= 15 is 0 Å². The summed E-state index contributed by atoms with van der Waals surface area (Å²) in [5.74, 6) is 0. The van der Waals surface area contributed by atoms with Crippen LogP contribution >= 0.6 is 24.2 Å². The molecule has 1 rings (SSSR count). The SMILES string of the molecule is CCNC(C)(CO)CNS(=O)(=O)c1cc(Cl)ccc1S. The van der Waals surface area contributed by atoms with E-state index in [4.69, 9.17) is 11.6 Å². The van der Waals surface area contributed by atoms with Gasteiger partial charge >= 0.3 is 0 Å². The highest BCUT2D eigenvalue weighted by atomic mass is 35.5. The van der Waals surface area contributed by atoms with Crippen molar-refractivity contribution in [3.8, 4) is 0 Å². The second-order valence-electron chi connectivity index (χ2n) is 4.69. The van der Waals surface area contributed by atoms with Gasteiger partial charge in [-0.2, -0.15) is 0 Å². The van der Waals surface area contributed by atoms with Crippen molar-refractivity contribution in [3.05, 3.63) is 23.2 Å². The molecule has 0 amide bonds. The Morgan fingerprint density at radius 3 is 2.65 bits per heavy atom. The van der Waals surface area contributed by atoms with Crippen molar-refractivity contribution < 1.29 is 13.5 Å². The molecule has 3 N–H and O–H groups in total. The zero-order chi connectivity index (χ0) is 15.4. The molecule has 0 aromatic heterocycles. The van der Waals surface area contributed by atoms with Crippen molar-refractivity contribution >= 4 is 34.3 Å². The second kappa shape index (κ2) is 7.11. The summed E-state index contributed by atoms with van der Waals surface area (Å²) in [6, 6.07) is 4.44. The molecule has 0 spiro atoms. The zero-order valence-corrected chi connectivity index (χ0v) is 13.8. The van der Waals surface area contributed by atoms with Crippen LogP contribution < -0.4 is 10.0 Å². The molecule has 8 heteroatoms. The summed E-state index contributed by atoms with van der Waals surface area (Å²) in [6.45, 7) is 4.10. The lowest BCUT2D eigenvalue weighted by atomic mass is 10.1. The lowest BCUT2D eigenvalue weighted by Crippen LogP contribution is -2.53. The molecule has 0 heterocycles. The van der Waals surface area contributed by atoms with Crippen LogP contribution in [0.4, 0.5) is 0 Å². The third kappa shape index (κ3) is 4.61. The molecule has 0 fully saturated rings. The van der Waals surface area contributed by atoms with Gasteiger partial charge in [-0.1, -0.05) is 18.5 Å². The summed E-state index contributed by atoms with van der Waals surface area (Å²) < 4.78 is 26.9. The molecule has 1 aromatic rings. The first-order valence-electron chi connectivity index (χ1n) is 6.08. The maximum Gasteiger partial charge on any atom is 0.241 e. The normalized spacial score (nSPS) is 15.1. The molecule has 0 radical (unpaired) electrons. The molecule has 1 atom stereocenters. The van der Waals surface area contributed by atoms with E-state index in [2.05, 4.69) is 22.7 Å². The molecule has 0 aliphatic rings. The fourth-order valence-corrected chi connectivity index (χ4v) is 3.66. The van der Waals surface area contributed by atoms with Gasteiger partial charge in [0.25, 0.3) is 0 Å². The molecule has 0 saturated carbocycles. The lowest BCUT2D eigenvalue weighted by molar-refractivity contribution is 0.179. The fourth-order valence-electron chi connectivity index (χ4n) is 1.64. The van der Waals surface area contributed by atoms with Crippen LogP contribution in [0.1, 0.15) is 13.8 Å². The number of nitrogens with one attached hydrogen (secondary N) is 2. The summed E-state index contributed by atoms with van der Waals surface area (Å²) in [5, 5.41) is 12.7. The third-order valence-corrected chi connectivity index (χ3v) is 5.03. The second-order valence-corrected chi connectivity index (χ2v) is 7.34. The Hall–Kier alpha value is -0.310. The van der Waals surface area contributed by atoms with Crippen molar-refractivity contribution in [1.29, 1.82) is 0 Å². The number of hydrogen-bond acceptors (Lipinski definition) is 5. The van der Waals surface area contributed by atoms with Gasteiger partial charge in [-0.05, 0) is 31.7 Å². The first-order chi connectivity index (χ1) is 9.24. The number of hydrogen-bond donors (Lipinski definition) is 4. The lowest BCUT2D eigenvalue weighted by Gasteiger charge is -2.28. The van der Waals surface area contributed by atoms with Gasteiger partial charge in [0.05, 0.1) is 17.0 Å². The van der Waals surface area contributed by atoms with Crippen molar-refractivity contribution in [2.75, 3.05) is 19.7 Å². The molecule has 20 heavy (non-hydrogen) atoms. The van der Waals surface area contributed by atoms with Crippen LogP contribution in [0.15, 0.2) is 28.0 Å². The van der Waals surface area contributed by atoms with Gasteiger partial charge in [-0.3, -0.25) is 0 Å². The monoisotopic (exact) mass is 338 g/mol. The predicted molar refractivity (Wildman–Crippen MR) is 83.1 cm³/mol. The number of aliphatic hydroxyl groups excluding tert-OH is 1. The Bertz CT molecular complexity index is 566. The molecule has 0 aliphatic heterocycles. The molecule has 114 valence electrons. The number of aliphatic hydroxyl groups is 1. The Balaban J connectivity index is 2.93. The average Bonchev–Trinajstić information content (AvgIpc) is 2.40. The van der Waals surface area contributed by atoms with Crippen LogP contribution in [0.5, 0.6) is 0 Å².